The summed E-state index contributed by atoms with van der Waals surface area (Å²) in [5.74, 6) is -0.246. The SMILES string of the molecule is C[C@@]1(C(=O)OCc2cc(Cl)nc(Cl)c2)CCCN1. The lowest BCUT2D eigenvalue weighted by Gasteiger charge is -2.21. The Labute approximate surface area is 116 Å². The molecule has 1 aromatic rings. The number of hydrogen-bond acceptors (Lipinski definition) is 4. The van der Waals surface area contributed by atoms with Crippen LogP contribution in [0, 0.1) is 0 Å². The molecule has 6 heteroatoms. The Kier molecular flexibility index (Phi) is 4.10. The molecule has 2 rings (SSSR count). The van der Waals surface area contributed by atoms with Crippen LogP contribution in [0.2, 0.25) is 10.3 Å². The molecule has 0 aromatic carbocycles. The van der Waals surface area contributed by atoms with E-state index < -0.39 is 5.54 Å². The smallest absolute Gasteiger partial charge is 0.326 e. The molecule has 1 aliphatic heterocycles. The minimum atomic E-state index is -0.569. The Balaban J connectivity index is 1.97. The number of rotatable bonds is 3. The lowest BCUT2D eigenvalue weighted by molar-refractivity contribution is -0.151. The summed E-state index contributed by atoms with van der Waals surface area (Å²) >= 11 is 11.5. The number of ether oxygens (including phenoxy) is 1. The monoisotopic (exact) mass is 288 g/mol. The van der Waals surface area contributed by atoms with Gasteiger partial charge in [0, 0.05) is 0 Å². The lowest BCUT2D eigenvalue weighted by Crippen LogP contribution is -2.45. The molecule has 1 atom stereocenters. The van der Waals surface area contributed by atoms with E-state index in [-0.39, 0.29) is 12.6 Å². The molecule has 0 aliphatic carbocycles. The highest BCUT2D eigenvalue weighted by atomic mass is 35.5. The molecule has 0 amide bonds. The third kappa shape index (κ3) is 3.13. The largest absolute Gasteiger partial charge is 0.459 e. The van der Waals surface area contributed by atoms with Crippen molar-refractivity contribution < 1.29 is 9.53 Å². The van der Waals surface area contributed by atoms with E-state index in [0.717, 1.165) is 24.9 Å². The van der Waals surface area contributed by atoms with Crippen LogP contribution in [-0.4, -0.2) is 23.0 Å². The van der Waals surface area contributed by atoms with Crippen LogP contribution in [0.15, 0.2) is 12.1 Å². The molecule has 0 saturated carbocycles. The Morgan fingerprint density at radius 1 is 1.50 bits per heavy atom. The molecule has 1 aromatic heterocycles. The fraction of sp³-hybridized carbons (Fsp3) is 0.500. The van der Waals surface area contributed by atoms with Crippen molar-refractivity contribution in [1.29, 1.82) is 0 Å². The molecule has 1 fully saturated rings. The summed E-state index contributed by atoms with van der Waals surface area (Å²) in [6.07, 6.45) is 1.78. The topological polar surface area (TPSA) is 51.2 Å². The Hall–Kier alpha value is -0.840. The zero-order valence-electron chi connectivity index (χ0n) is 10.0. The average Bonchev–Trinajstić information content (AvgIpc) is 2.73. The van der Waals surface area contributed by atoms with Crippen LogP contribution < -0.4 is 5.32 Å². The van der Waals surface area contributed by atoms with Crippen molar-refractivity contribution in [2.45, 2.75) is 31.9 Å². The highest BCUT2D eigenvalue weighted by Crippen LogP contribution is 2.21. The van der Waals surface area contributed by atoms with Gasteiger partial charge in [0.05, 0.1) is 0 Å². The number of esters is 1. The summed E-state index contributed by atoms with van der Waals surface area (Å²) in [6, 6.07) is 3.26. The molecule has 18 heavy (non-hydrogen) atoms. The quantitative estimate of drug-likeness (QED) is 0.686. The Morgan fingerprint density at radius 3 is 2.72 bits per heavy atom. The van der Waals surface area contributed by atoms with E-state index in [0.29, 0.717) is 10.3 Å². The zero-order valence-corrected chi connectivity index (χ0v) is 11.5. The average molecular weight is 289 g/mol. The van der Waals surface area contributed by atoms with Crippen molar-refractivity contribution in [2.75, 3.05) is 6.54 Å². The number of aromatic nitrogens is 1. The van der Waals surface area contributed by atoms with Crippen molar-refractivity contribution in [3.8, 4) is 0 Å². The minimum absolute atomic E-state index is 0.151. The van der Waals surface area contributed by atoms with E-state index in [1.807, 2.05) is 6.92 Å². The predicted octanol–water partition coefficient (Wildman–Crippen LogP) is 2.57. The number of hydrogen-bond donors (Lipinski definition) is 1. The summed E-state index contributed by atoms with van der Waals surface area (Å²) in [7, 11) is 0. The highest BCUT2D eigenvalue weighted by Gasteiger charge is 2.37. The van der Waals surface area contributed by atoms with Crippen molar-refractivity contribution >= 4 is 29.2 Å². The Bertz CT molecular complexity index is 439. The first kappa shape index (κ1) is 13.6. The number of halogens is 2. The van der Waals surface area contributed by atoms with Gasteiger partial charge in [0.1, 0.15) is 22.5 Å². The summed E-state index contributed by atoms with van der Waals surface area (Å²) in [5.41, 5.74) is 0.163. The lowest BCUT2D eigenvalue weighted by atomic mass is 10.0. The van der Waals surface area contributed by atoms with Crippen molar-refractivity contribution in [1.82, 2.24) is 10.3 Å². The molecule has 1 aliphatic rings. The van der Waals surface area contributed by atoms with Gasteiger partial charge in [-0.25, -0.2) is 4.98 Å². The third-order valence-electron chi connectivity index (χ3n) is 3.01. The molecule has 98 valence electrons. The van der Waals surface area contributed by atoms with Crippen LogP contribution in [0.3, 0.4) is 0 Å². The van der Waals surface area contributed by atoms with Crippen molar-refractivity contribution in [3.05, 3.63) is 28.0 Å². The maximum Gasteiger partial charge on any atom is 0.326 e. The normalized spacial score (nSPS) is 23.1. The second kappa shape index (κ2) is 5.43. The number of nitrogens with one attached hydrogen (secondary N) is 1. The molecular weight excluding hydrogens is 275 g/mol. The fourth-order valence-electron chi connectivity index (χ4n) is 1.97. The van der Waals surface area contributed by atoms with E-state index in [1.54, 1.807) is 12.1 Å². The van der Waals surface area contributed by atoms with Crippen LogP contribution in [-0.2, 0) is 16.1 Å². The molecule has 0 bridgehead atoms. The third-order valence-corrected chi connectivity index (χ3v) is 3.40. The maximum absolute atomic E-state index is 11.9. The van der Waals surface area contributed by atoms with Crippen molar-refractivity contribution in [2.24, 2.45) is 0 Å². The van der Waals surface area contributed by atoms with Gasteiger partial charge in [0.25, 0.3) is 0 Å². The first-order valence-electron chi connectivity index (χ1n) is 5.74. The van der Waals surface area contributed by atoms with Crippen molar-refractivity contribution in [3.63, 3.8) is 0 Å². The van der Waals surface area contributed by atoms with E-state index in [9.17, 15) is 4.79 Å². The van der Waals surface area contributed by atoms with E-state index in [4.69, 9.17) is 27.9 Å². The summed E-state index contributed by atoms with van der Waals surface area (Å²) in [5, 5.41) is 3.73. The van der Waals surface area contributed by atoms with Gasteiger partial charge in [-0.05, 0) is 44.0 Å². The summed E-state index contributed by atoms with van der Waals surface area (Å²) in [4.78, 5) is 15.8. The summed E-state index contributed by atoms with van der Waals surface area (Å²) in [6.45, 7) is 2.85. The maximum atomic E-state index is 11.9. The van der Waals surface area contributed by atoms with Crippen LogP contribution in [0.4, 0.5) is 0 Å². The molecule has 1 N–H and O–H groups in total. The molecule has 0 unspecified atom stereocenters. The molecule has 0 radical (unpaired) electrons. The zero-order chi connectivity index (χ0) is 13.2. The van der Waals surface area contributed by atoms with Crippen LogP contribution in [0.1, 0.15) is 25.3 Å². The standard InChI is InChI=1S/C12H14Cl2N2O2/c1-12(3-2-4-15-12)11(17)18-7-8-5-9(13)16-10(14)6-8/h5-6,15H,2-4,7H2,1H3/t12-/m0/s1. The van der Waals surface area contributed by atoms with Gasteiger partial charge >= 0.3 is 5.97 Å². The van der Waals surface area contributed by atoms with Crippen LogP contribution >= 0.6 is 23.2 Å². The van der Waals surface area contributed by atoms with E-state index in [1.165, 1.54) is 0 Å². The first-order chi connectivity index (χ1) is 8.49. The minimum Gasteiger partial charge on any atom is -0.459 e. The summed E-state index contributed by atoms with van der Waals surface area (Å²) < 4.78 is 5.28. The number of pyridine rings is 1. The van der Waals surface area contributed by atoms with Gasteiger partial charge < -0.3 is 10.1 Å². The molecule has 4 nitrogen and oxygen atoms in total. The van der Waals surface area contributed by atoms with Gasteiger partial charge in [-0.3, -0.25) is 4.79 Å². The van der Waals surface area contributed by atoms with Crippen LogP contribution in [0.5, 0.6) is 0 Å². The molecule has 1 saturated heterocycles. The highest BCUT2D eigenvalue weighted by molar-refractivity contribution is 6.32. The molecular formula is C12H14Cl2N2O2. The van der Waals surface area contributed by atoms with E-state index >= 15 is 0 Å². The van der Waals surface area contributed by atoms with Gasteiger partial charge in [-0.2, -0.15) is 0 Å². The van der Waals surface area contributed by atoms with Gasteiger partial charge in [0.15, 0.2) is 0 Å². The number of carbonyl (C=O) groups excluding carboxylic acids is 1. The Morgan fingerprint density at radius 2 is 2.17 bits per heavy atom. The van der Waals surface area contributed by atoms with Gasteiger partial charge in [-0.1, -0.05) is 23.2 Å². The fourth-order valence-corrected chi connectivity index (χ4v) is 2.48. The van der Waals surface area contributed by atoms with Crippen LogP contribution in [0.25, 0.3) is 0 Å². The predicted molar refractivity (Wildman–Crippen MR) is 69.7 cm³/mol. The second-order valence-electron chi connectivity index (χ2n) is 4.56. The molecule has 0 spiro atoms. The number of nitrogens with zero attached hydrogens (tertiary/aromatic N) is 1. The van der Waals surface area contributed by atoms with Gasteiger partial charge in [0.2, 0.25) is 0 Å². The first-order valence-corrected chi connectivity index (χ1v) is 6.49. The van der Waals surface area contributed by atoms with Gasteiger partial charge in [-0.15, -0.1) is 0 Å². The molecule has 2 heterocycles. The second-order valence-corrected chi connectivity index (χ2v) is 5.33. The number of carbonyl (C=O) groups is 1. The van der Waals surface area contributed by atoms with E-state index in [2.05, 4.69) is 10.3 Å².